The molecular formula is C22H21NO6. The van der Waals surface area contributed by atoms with Crippen LogP contribution < -0.4 is 14.2 Å². The van der Waals surface area contributed by atoms with E-state index in [4.69, 9.17) is 23.5 Å². The molecule has 1 atom stereocenters. The van der Waals surface area contributed by atoms with Crippen LogP contribution in [0.25, 0.3) is 11.3 Å². The van der Waals surface area contributed by atoms with Gasteiger partial charge in [-0.1, -0.05) is 5.16 Å². The molecule has 1 aliphatic rings. The topological polar surface area (TPSA) is 80.0 Å². The van der Waals surface area contributed by atoms with Gasteiger partial charge in [0, 0.05) is 18.1 Å². The second kappa shape index (κ2) is 8.26. The molecule has 2 heterocycles. The van der Waals surface area contributed by atoms with Gasteiger partial charge in [0.2, 0.25) is 0 Å². The van der Waals surface area contributed by atoms with Crippen LogP contribution in [0.15, 0.2) is 53.1 Å². The molecule has 0 amide bonds. The third-order valence-electron chi connectivity index (χ3n) is 4.54. The average molecular weight is 395 g/mol. The van der Waals surface area contributed by atoms with E-state index in [0.29, 0.717) is 23.0 Å². The van der Waals surface area contributed by atoms with E-state index in [1.807, 2.05) is 25.1 Å². The number of benzene rings is 2. The van der Waals surface area contributed by atoms with Crippen molar-refractivity contribution < 1.29 is 28.3 Å². The van der Waals surface area contributed by atoms with Crippen molar-refractivity contribution in [2.45, 2.75) is 26.1 Å². The number of carbonyl (C=O) groups is 1. The molecule has 2 aromatic carbocycles. The van der Waals surface area contributed by atoms with Crippen LogP contribution >= 0.6 is 0 Å². The maximum absolute atomic E-state index is 11.9. The van der Waals surface area contributed by atoms with Crippen molar-refractivity contribution in [1.29, 1.82) is 0 Å². The quantitative estimate of drug-likeness (QED) is 0.563. The Balaban J connectivity index is 1.29. The summed E-state index contributed by atoms with van der Waals surface area (Å²) in [4.78, 5) is 11.9. The number of fused-ring (bicyclic) bond motifs is 1. The van der Waals surface area contributed by atoms with Crippen LogP contribution in [0.3, 0.4) is 0 Å². The lowest BCUT2D eigenvalue weighted by Crippen LogP contribution is -2.14. The van der Waals surface area contributed by atoms with Crippen LogP contribution in [0, 0.1) is 0 Å². The lowest BCUT2D eigenvalue weighted by Gasteiger charge is -2.06. The lowest BCUT2D eigenvalue weighted by atomic mass is 10.1. The molecule has 0 radical (unpaired) electrons. The minimum absolute atomic E-state index is 0.0133. The number of hydrogen-bond donors (Lipinski definition) is 0. The minimum atomic E-state index is -0.492. The molecule has 1 aliphatic heterocycles. The van der Waals surface area contributed by atoms with Crippen molar-refractivity contribution in [2.75, 3.05) is 13.7 Å². The number of esters is 1. The number of rotatable bonds is 7. The number of aromatic nitrogens is 1. The summed E-state index contributed by atoms with van der Waals surface area (Å²) >= 11 is 0. The Labute approximate surface area is 168 Å². The van der Waals surface area contributed by atoms with Crippen LogP contribution in [0.1, 0.15) is 18.2 Å². The van der Waals surface area contributed by atoms with E-state index in [9.17, 15) is 4.79 Å². The molecule has 0 fully saturated rings. The van der Waals surface area contributed by atoms with Crippen LogP contribution in [0.4, 0.5) is 0 Å². The third-order valence-corrected chi connectivity index (χ3v) is 4.54. The molecule has 7 heteroatoms. The Hall–Kier alpha value is -3.48. The first-order chi connectivity index (χ1) is 14.1. The van der Waals surface area contributed by atoms with Gasteiger partial charge >= 0.3 is 5.97 Å². The zero-order valence-electron chi connectivity index (χ0n) is 16.2. The number of nitrogens with zero attached hydrogens (tertiary/aromatic N) is 1. The number of hydrogen-bond acceptors (Lipinski definition) is 7. The summed E-state index contributed by atoms with van der Waals surface area (Å²) < 4.78 is 26.8. The Kier molecular flexibility index (Phi) is 5.37. The lowest BCUT2D eigenvalue weighted by molar-refractivity contribution is -0.147. The average Bonchev–Trinajstić information content (AvgIpc) is 3.36. The number of methoxy groups -OCH3 is 1. The molecule has 4 rings (SSSR count). The summed E-state index contributed by atoms with van der Waals surface area (Å²) in [6, 6.07) is 14.6. The highest BCUT2D eigenvalue weighted by Gasteiger charge is 2.20. The summed E-state index contributed by atoms with van der Waals surface area (Å²) in [5, 5.41) is 3.97. The summed E-state index contributed by atoms with van der Waals surface area (Å²) in [5.41, 5.74) is 2.59. The SMILES string of the molecule is COc1ccc(OCC(=O)OCc2cc(-c3ccc4c(c3)CC(C)O4)on2)cc1. The van der Waals surface area contributed by atoms with Gasteiger partial charge in [-0.3, -0.25) is 0 Å². The largest absolute Gasteiger partial charge is 0.497 e. The molecule has 0 spiro atoms. The van der Waals surface area contributed by atoms with E-state index in [1.165, 1.54) is 0 Å². The summed E-state index contributed by atoms with van der Waals surface area (Å²) in [5.74, 6) is 2.31. The van der Waals surface area contributed by atoms with Crippen molar-refractivity contribution >= 4 is 5.97 Å². The van der Waals surface area contributed by atoms with Gasteiger partial charge in [0.25, 0.3) is 0 Å². The zero-order valence-corrected chi connectivity index (χ0v) is 16.2. The molecule has 0 N–H and O–H groups in total. The fourth-order valence-corrected chi connectivity index (χ4v) is 3.10. The normalized spacial score (nSPS) is 14.8. The molecular weight excluding hydrogens is 374 g/mol. The molecule has 0 aliphatic carbocycles. The van der Waals surface area contributed by atoms with Gasteiger partial charge in [0.05, 0.1) is 7.11 Å². The molecule has 7 nitrogen and oxygen atoms in total. The van der Waals surface area contributed by atoms with Gasteiger partial charge < -0.3 is 23.5 Å². The Morgan fingerprint density at radius 3 is 2.72 bits per heavy atom. The van der Waals surface area contributed by atoms with E-state index in [1.54, 1.807) is 37.4 Å². The second-order valence-electron chi connectivity index (χ2n) is 6.76. The standard InChI is InChI=1S/C22H21NO6/c1-14-9-16-10-15(3-8-20(16)28-14)21-11-17(23-29-21)12-27-22(24)13-26-19-6-4-18(25-2)5-7-19/h3-8,10-11,14H,9,12-13H2,1-2H3. The highest BCUT2D eigenvalue weighted by atomic mass is 16.6. The first kappa shape index (κ1) is 18.9. The first-order valence-electron chi connectivity index (χ1n) is 9.29. The maximum atomic E-state index is 11.9. The van der Waals surface area contributed by atoms with Crippen molar-refractivity contribution in [2.24, 2.45) is 0 Å². The Morgan fingerprint density at radius 1 is 1.14 bits per heavy atom. The second-order valence-corrected chi connectivity index (χ2v) is 6.76. The monoisotopic (exact) mass is 395 g/mol. The molecule has 150 valence electrons. The molecule has 1 aromatic heterocycles. The van der Waals surface area contributed by atoms with E-state index in [-0.39, 0.29) is 19.3 Å². The maximum Gasteiger partial charge on any atom is 0.344 e. The summed E-state index contributed by atoms with van der Waals surface area (Å²) in [6.07, 6.45) is 1.06. The van der Waals surface area contributed by atoms with Crippen molar-refractivity contribution in [3.8, 4) is 28.6 Å². The van der Waals surface area contributed by atoms with Crippen LogP contribution in [0.2, 0.25) is 0 Å². The van der Waals surface area contributed by atoms with Crippen LogP contribution in [-0.2, 0) is 22.6 Å². The predicted octanol–water partition coefficient (Wildman–Crippen LogP) is 3.80. The van der Waals surface area contributed by atoms with Crippen LogP contribution in [-0.4, -0.2) is 30.9 Å². The molecule has 0 saturated heterocycles. The third kappa shape index (κ3) is 4.51. The Morgan fingerprint density at radius 2 is 1.93 bits per heavy atom. The van der Waals surface area contributed by atoms with Gasteiger partial charge in [0.1, 0.15) is 35.7 Å². The molecule has 29 heavy (non-hydrogen) atoms. The highest BCUT2D eigenvalue weighted by molar-refractivity contribution is 5.71. The molecule has 0 saturated carbocycles. The van der Waals surface area contributed by atoms with Gasteiger partial charge in [-0.15, -0.1) is 0 Å². The zero-order chi connectivity index (χ0) is 20.2. The fraction of sp³-hybridized carbons (Fsp3) is 0.273. The van der Waals surface area contributed by atoms with E-state index < -0.39 is 5.97 Å². The smallest absolute Gasteiger partial charge is 0.344 e. The minimum Gasteiger partial charge on any atom is -0.497 e. The van der Waals surface area contributed by atoms with Crippen molar-refractivity contribution in [3.63, 3.8) is 0 Å². The van der Waals surface area contributed by atoms with Crippen LogP contribution in [0.5, 0.6) is 17.2 Å². The van der Waals surface area contributed by atoms with Crippen molar-refractivity contribution in [1.82, 2.24) is 5.16 Å². The van der Waals surface area contributed by atoms with E-state index >= 15 is 0 Å². The molecule has 0 bridgehead atoms. The van der Waals surface area contributed by atoms with Crippen molar-refractivity contribution in [3.05, 3.63) is 59.8 Å². The molecule has 1 unspecified atom stereocenters. The van der Waals surface area contributed by atoms with Gasteiger partial charge in [-0.2, -0.15) is 0 Å². The predicted molar refractivity (Wildman–Crippen MR) is 104 cm³/mol. The highest BCUT2D eigenvalue weighted by Crippen LogP contribution is 2.33. The Bertz CT molecular complexity index is 995. The summed E-state index contributed by atoms with van der Waals surface area (Å²) in [7, 11) is 1.59. The van der Waals surface area contributed by atoms with Gasteiger partial charge in [-0.25, -0.2) is 4.79 Å². The van der Waals surface area contributed by atoms with Gasteiger partial charge in [0.15, 0.2) is 12.4 Å². The van der Waals surface area contributed by atoms with E-state index in [2.05, 4.69) is 5.16 Å². The van der Waals surface area contributed by atoms with E-state index in [0.717, 1.165) is 23.3 Å². The molecule has 3 aromatic rings. The first-order valence-corrected chi connectivity index (χ1v) is 9.29. The fourth-order valence-electron chi connectivity index (χ4n) is 3.10. The number of carbonyl (C=O) groups excluding carboxylic acids is 1. The number of ether oxygens (including phenoxy) is 4. The van der Waals surface area contributed by atoms with Gasteiger partial charge in [-0.05, 0) is 55.0 Å². The summed E-state index contributed by atoms with van der Waals surface area (Å²) in [6.45, 7) is 1.86.